The molecular weight excluding hydrogens is 1310 g/mol. The van der Waals surface area contributed by atoms with E-state index >= 15 is 0 Å². The Balaban J connectivity index is 0.000000127. The lowest BCUT2D eigenvalue weighted by Crippen LogP contribution is -2.58. The molecule has 8 bridgehead atoms. The van der Waals surface area contributed by atoms with E-state index in [1.165, 1.54) is 50.1 Å². The zero-order valence-electron chi connectivity index (χ0n) is 56.2. The maximum atomic E-state index is 13.2. The summed E-state index contributed by atoms with van der Waals surface area (Å²) in [4.78, 5) is 40.1. The van der Waals surface area contributed by atoms with Gasteiger partial charge in [-0.05, 0) is 218 Å². The minimum absolute atomic E-state index is 0.0415. The molecule has 4 atom stereocenters. The van der Waals surface area contributed by atoms with Gasteiger partial charge in [0.1, 0.15) is 11.4 Å². The van der Waals surface area contributed by atoms with Crippen molar-refractivity contribution in [2.75, 3.05) is 19.8 Å². The maximum Gasteiger partial charge on any atom is 0.344 e. The van der Waals surface area contributed by atoms with Gasteiger partial charge in [0.05, 0.1) is 48.1 Å². The van der Waals surface area contributed by atoms with Crippen molar-refractivity contribution in [1.82, 2.24) is 0 Å². The lowest BCUT2D eigenvalue weighted by atomic mass is 9.48. The fraction of sp³-hybridized carbons (Fsp3) is 0.506. The molecule has 17 rings (SSSR count). The normalized spacial score (nSPS) is 25.9. The summed E-state index contributed by atoms with van der Waals surface area (Å²) in [5, 5.41) is 26.5. The number of benzene rings is 6. The van der Waals surface area contributed by atoms with E-state index in [0.29, 0.717) is 64.2 Å². The highest BCUT2D eigenvalue weighted by atomic mass is 32.2. The Morgan fingerprint density at radius 2 is 0.847 bits per heavy atom. The number of ether oxygens (including phenoxy) is 4. The summed E-state index contributed by atoms with van der Waals surface area (Å²) < 4.78 is 131. The molecule has 8 aromatic rings. The molecule has 2 N–H and O–H groups in total. The number of thiophene rings is 2. The van der Waals surface area contributed by atoms with Gasteiger partial charge < -0.3 is 29.2 Å². The first-order valence-corrected chi connectivity index (χ1v) is 37.0. The van der Waals surface area contributed by atoms with E-state index in [2.05, 4.69) is 160 Å². The fourth-order valence-electron chi connectivity index (χ4n) is 18.2. The molecule has 6 aromatic carbocycles. The van der Waals surface area contributed by atoms with E-state index in [4.69, 9.17) is 18.9 Å². The third-order valence-electron chi connectivity index (χ3n) is 22.0. The van der Waals surface area contributed by atoms with Crippen LogP contribution in [0.2, 0.25) is 0 Å². The maximum absolute atomic E-state index is 13.2. The number of carbonyl (C=O) groups excluding carboxylic acids is 3. The van der Waals surface area contributed by atoms with Crippen LogP contribution in [0.3, 0.4) is 0 Å². The molecule has 4 unspecified atom stereocenters. The quantitative estimate of drug-likeness (QED) is 0.0396. The molecule has 98 heavy (non-hydrogen) atoms. The van der Waals surface area contributed by atoms with Gasteiger partial charge >= 0.3 is 41.6 Å². The van der Waals surface area contributed by atoms with Gasteiger partial charge in [0.15, 0.2) is 35.2 Å². The summed E-state index contributed by atoms with van der Waals surface area (Å²) in [7, 11) is -0.0801. The highest BCUT2D eigenvalue weighted by molar-refractivity contribution is 7.50. The highest BCUT2D eigenvalue weighted by Crippen LogP contribution is 2.64. The Morgan fingerprint density at radius 3 is 1.19 bits per heavy atom. The molecular formula is C79H88F8O9S2+2. The molecule has 9 nitrogen and oxygen atoms in total. The number of alkyl halides is 8. The number of fused-ring (bicyclic) bond motifs is 6. The summed E-state index contributed by atoms with van der Waals surface area (Å²) in [6, 6.07) is 50.3. The topological polar surface area (TPSA) is 129 Å². The van der Waals surface area contributed by atoms with E-state index in [1.54, 1.807) is 0 Å². The van der Waals surface area contributed by atoms with Crippen molar-refractivity contribution in [3.8, 4) is 15.5 Å². The van der Waals surface area contributed by atoms with Gasteiger partial charge in [-0.25, -0.2) is 22.4 Å². The van der Waals surface area contributed by atoms with Gasteiger partial charge in [0, 0.05) is 68.5 Å². The number of aryl methyl sites for hydroxylation is 2. The number of halogens is 8. The minimum Gasteiger partial charge on any atom is -0.481 e. The molecule has 9 aliphatic rings. The number of aliphatic hydroxyl groups is 2. The summed E-state index contributed by atoms with van der Waals surface area (Å²) in [6.07, 6.45) is 10.4. The second-order valence-corrected chi connectivity index (χ2v) is 33.6. The Hall–Kier alpha value is -6.67. The lowest BCUT2D eigenvalue weighted by molar-refractivity contribution is -0.213. The Bertz CT molecular complexity index is 3970. The Morgan fingerprint density at radius 1 is 0.500 bits per heavy atom. The van der Waals surface area contributed by atoms with Crippen LogP contribution in [-0.2, 0) is 28.6 Å². The van der Waals surface area contributed by atoms with Crippen LogP contribution in [0.5, 0.6) is 5.75 Å². The zero-order chi connectivity index (χ0) is 69.8. The van der Waals surface area contributed by atoms with Gasteiger partial charge in [-0.1, -0.05) is 73.7 Å². The predicted molar refractivity (Wildman–Crippen MR) is 370 cm³/mol. The summed E-state index contributed by atoms with van der Waals surface area (Å²) in [5.41, 5.74) is -1.52. The van der Waals surface area contributed by atoms with E-state index in [9.17, 15) is 59.7 Å². The summed E-state index contributed by atoms with van der Waals surface area (Å²) >= 11 is 0. The molecule has 0 saturated heterocycles. The van der Waals surface area contributed by atoms with Crippen molar-refractivity contribution < 1.29 is 78.7 Å². The molecule has 0 radical (unpaired) electrons. The number of hydrogen-bond acceptors (Lipinski definition) is 9. The number of rotatable bonds is 17. The molecule has 2 heterocycles. The first-order valence-electron chi connectivity index (χ1n) is 34.5. The summed E-state index contributed by atoms with van der Waals surface area (Å²) in [5.74, 6) is -16.3. The standard InChI is InChI=1S/C29H31O3S.C18H13S.2C16H22F4O3/c1-4-29(15-9-10-16-29)32-27(30)19-31-28-20(2)17-22(18-21(28)3)33-25-13-7-5-11-23(25)24-12-6-8-14-26(24)33;1-2-8-14(9-3-1)19-17-12-6-4-10-15(17)16-11-5-7-13-18(16)19;2*1-13(17,18)16(19,20)2-3-23-12(21)14-5-10-4-11(6-14)8-15(22,7-10)9-14/h5-8,11-14,17-18H,4,9-10,15-16,19H2,1-3H3;1-13H;2*10-11,22H,2-9H2,1H3/q2*+1;;. The van der Waals surface area contributed by atoms with Crippen molar-refractivity contribution in [2.45, 2.75) is 197 Å². The third kappa shape index (κ3) is 14.5. The minimum atomic E-state index is -4.20. The number of esters is 3. The highest BCUT2D eigenvalue weighted by Gasteiger charge is 2.63. The van der Waals surface area contributed by atoms with E-state index in [1.807, 2.05) is 0 Å². The SMILES string of the molecule is CC(F)(F)C(F)(F)CCOC(=O)C12CC3CC(CC(O)(C3)C1)C2.CC(F)(F)C(F)(F)CCOC(=O)C12CC3CC(CC(O)(C3)C1)C2.CCC1(OC(=O)COc2c(C)cc(-[s+]3c4ccccc4c4ccccc43)cc2C)CCCC1.c1ccc(-[s+]2c3ccccc3c3ccccc32)cc1. The molecule has 0 aliphatic heterocycles. The van der Waals surface area contributed by atoms with Gasteiger partial charge in [0.25, 0.3) is 0 Å². The predicted octanol–water partition coefficient (Wildman–Crippen LogP) is 20.8. The van der Waals surface area contributed by atoms with Crippen molar-refractivity contribution in [2.24, 2.45) is 34.5 Å². The molecule has 19 heteroatoms. The fourth-order valence-corrected chi connectivity index (χ4v) is 23.1. The van der Waals surface area contributed by atoms with Crippen molar-refractivity contribution in [3.05, 3.63) is 151 Å². The molecule has 9 aliphatic carbocycles. The van der Waals surface area contributed by atoms with Gasteiger partial charge in [0.2, 0.25) is 0 Å². The molecule has 524 valence electrons. The van der Waals surface area contributed by atoms with Crippen molar-refractivity contribution in [3.63, 3.8) is 0 Å². The monoisotopic (exact) mass is 1400 g/mol. The van der Waals surface area contributed by atoms with Gasteiger partial charge in [-0.2, -0.15) is 17.6 Å². The van der Waals surface area contributed by atoms with E-state index < -0.39 is 83.7 Å². The third-order valence-corrected chi connectivity index (χ3v) is 26.6. The second-order valence-electron chi connectivity index (χ2n) is 29.7. The van der Waals surface area contributed by atoms with Crippen LogP contribution in [0, 0.1) is 48.3 Å². The average Bonchev–Trinajstić information content (AvgIpc) is 1.22. The van der Waals surface area contributed by atoms with Crippen LogP contribution in [0.15, 0.2) is 140 Å². The van der Waals surface area contributed by atoms with Crippen LogP contribution in [0.4, 0.5) is 35.1 Å². The van der Waals surface area contributed by atoms with Crippen LogP contribution in [0.1, 0.15) is 154 Å². The lowest BCUT2D eigenvalue weighted by Gasteiger charge is -2.58. The van der Waals surface area contributed by atoms with Crippen LogP contribution >= 0.6 is 20.9 Å². The first-order chi connectivity index (χ1) is 46.4. The van der Waals surface area contributed by atoms with Gasteiger partial charge in [-0.15, -0.1) is 0 Å². The number of carbonyl (C=O) groups is 3. The largest absolute Gasteiger partial charge is 0.481 e. The van der Waals surface area contributed by atoms with Gasteiger partial charge in [-0.3, -0.25) is 9.59 Å². The smallest absolute Gasteiger partial charge is 0.344 e. The van der Waals surface area contributed by atoms with Crippen LogP contribution < -0.4 is 4.74 Å². The zero-order valence-corrected chi connectivity index (χ0v) is 57.9. The number of hydrogen-bond donors (Lipinski definition) is 2. The van der Waals surface area contributed by atoms with Crippen molar-refractivity contribution >= 4 is 79.2 Å². The molecule has 9 fully saturated rings. The molecule has 9 saturated carbocycles. The molecule has 0 amide bonds. The first kappa shape index (κ1) is 71.2. The Labute approximate surface area is 572 Å². The van der Waals surface area contributed by atoms with Crippen molar-refractivity contribution in [1.29, 1.82) is 0 Å². The van der Waals surface area contributed by atoms with E-state index in [-0.39, 0.29) is 76.6 Å². The molecule has 2 aromatic heterocycles. The average molecular weight is 1400 g/mol. The van der Waals surface area contributed by atoms with E-state index in [0.717, 1.165) is 61.8 Å². The van der Waals surface area contributed by atoms with Crippen LogP contribution in [-0.4, -0.2) is 88.4 Å². The summed E-state index contributed by atoms with van der Waals surface area (Å²) in [6.45, 7) is 5.05. The second kappa shape index (κ2) is 27.4. The van der Waals surface area contributed by atoms with Crippen LogP contribution in [0.25, 0.3) is 50.1 Å². The Kier molecular flexibility index (Phi) is 19.9. The molecule has 0 spiro atoms.